The third-order valence-electron chi connectivity index (χ3n) is 2.91. The Morgan fingerprint density at radius 1 is 1.25 bits per heavy atom. The SMILES string of the molecule is CCOC(=O)C(=O)Nc1ccc(-c2ncc(C(=O)O)c(=O)[nH]2)cc1. The Balaban J connectivity index is 2.16. The number of aromatic nitrogens is 2. The first-order valence-corrected chi connectivity index (χ1v) is 6.83. The smallest absolute Gasteiger partial charge is 0.397 e. The Morgan fingerprint density at radius 3 is 2.46 bits per heavy atom. The normalized spacial score (nSPS) is 10.0. The zero-order valence-corrected chi connectivity index (χ0v) is 12.5. The summed E-state index contributed by atoms with van der Waals surface area (Å²) in [4.78, 5) is 51.4. The maximum Gasteiger partial charge on any atom is 0.397 e. The van der Waals surface area contributed by atoms with E-state index in [0.29, 0.717) is 11.3 Å². The number of hydrogen-bond acceptors (Lipinski definition) is 6. The Kier molecular flexibility index (Phi) is 5.05. The average molecular weight is 331 g/mol. The summed E-state index contributed by atoms with van der Waals surface area (Å²) < 4.78 is 4.56. The first-order valence-electron chi connectivity index (χ1n) is 6.83. The molecule has 24 heavy (non-hydrogen) atoms. The fourth-order valence-corrected chi connectivity index (χ4v) is 1.78. The minimum Gasteiger partial charge on any atom is -0.477 e. The molecular formula is C15H13N3O6. The predicted octanol–water partition coefficient (Wildman–Crippen LogP) is 0.637. The van der Waals surface area contributed by atoms with E-state index in [1.54, 1.807) is 19.1 Å². The number of carboxylic acid groups (broad SMARTS) is 1. The number of rotatable bonds is 4. The van der Waals surface area contributed by atoms with Crippen LogP contribution >= 0.6 is 0 Å². The number of esters is 1. The van der Waals surface area contributed by atoms with Crippen LogP contribution in [-0.2, 0) is 14.3 Å². The number of ether oxygens (including phenoxy) is 1. The maximum atomic E-state index is 11.6. The molecule has 2 aromatic rings. The summed E-state index contributed by atoms with van der Waals surface area (Å²) in [6, 6.07) is 6.08. The second kappa shape index (κ2) is 7.18. The van der Waals surface area contributed by atoms with Crippen molar-refractivity contribution in [3.63, 3.8) is 0 Å². The van der Waals surface area contributed by atoms with Crippen molar-refractivity contribution in [3.8, 4) is 11.4 Å². The molecule has 0 aliphatic rings. The number of benzene rings is 1. The number of aromatic carboxylic acids is 1. The van der Waals surface area contributed by atoms with Gasteiger partial charge in [0, 0.05) is 17.4 Å². The molecule has 0 fully saturated rings. The van der Waals surface area contributed by atoms with Crippen LogP contribution in [0, 0.1) is 0 Å². The summed E-state index contributed by atoms with van der Waals surface area (Å²) in [5.74, 6) is -3.08. The molecule has 3 N–H and O–H groups in total. The highest BCUT2D eigenvalue weighted by molar-refractivity contribution is 6.37. The number of aromatic amines is 1. The lowest BCUT2D eigenvalue weighted by atomic mass is 10.2. The largest absolute Gasteiger partial charge is 0.477 e. The molecule has 0 saturated heterocycles. The molecule has 0 saturated carbocycles. The highest BCUT2D eigenvalue weighted by Gasteiger charge is 2.15. The number of H-pyrrole nitrogens is 1. The zero-order valence-electron chi connectivity index (χ0n) is 12.5. The molecular weight excluding hydrogens is 318 g/mol. The van der Waals surface area contributed by atoms with Gasteiger partial charge in [0.25, 0.3) is 5.56 Å². The lowest BCUT2D eigenvalue weighted by Gasteiger charge is -2.06. The van der Waals surface area contributed by atoms with E-state index in [1.807, 2.05) is 0 Å². The molecule has 0 aliphatic heterocycles. The van der Waals surface area contributed by atoms with Gasteiger partial charge in [0.05, 0.1) is 6.61 Å². The number of amides is 1. The number of hydrogen-bond donors (Lipinski definition) is 3. The van der Waals surface area contributed by atoms with Crippen molar-refractivity contribution in [1.82, 2.24) is 9.97 Å². The van der Waals surface area contributed by atoms with Crippen molar-refractivity contribution in [2.45, 2.75) is 6.92 Å². The van der Waals surface area contributed by atoms with Gasteiger partial charge in [0.1, 0.15) is 11.4 Å². The molecule has 1 aromatic heterocycles. The Labute approximate surface area is 135 Å². The van der Waals surface area contributed by atoms with Crippen LogP contribution in [0.2, 0.25) is 0 Å². The van der Waals surface area contributed by atoms with Crippen molar-refractivity contribution in [2.24, 2.45) is 0 Å². The van der Waals surface area contributed by atoms with Gasteiger partial charge in [-0.15, -0.1) is 0 Å². The molecule has 0 radical (unpaired) electrons. The van der Waals surface area contributed by atoms with E-state index in [2.05, 4.69) is 20.0 Å². The molecule has 1 heterocycles. The minimum absolute atomic E-state index is 0.0938. The third kappa shape index (κ3) is 3.83. The second-order valence-electron chi connectivity index (χ2n) is 4.53. The van der Waals surface area contributed by atoms with Gasteiger partial charge in [-0.2, -0.15) is 0 Å². The third-order valence-corrected chi connectivity index (χ3v) is 2.91. The number of nitrogens with one attached hydrogen (secondary N) is 2. The van der Waals surface area contributed by atoms with E-state index in [4.69, 9.17) is 5.11 Å². The van der Waals surface area contributed by atoms with Crippen LogP contribution < -0.4 is 10.9 Å². The Hall–Kier alpha value is -3.49. The average Bonchev–Trinajstić information content (AvgIpc) is 2.55. The van der Waals surface area contributed by atoms with Crippen molar-refractivity contribution in [2.75, 3.05) is 11.9 Å². The molecule has 1 amide bonds. The van der Waals surface area contributed by atoms with Gasteiger partial charge in [0.2, 0.25) is 0 Å². The quantitative estimate of drug-likeness (QED) is 0.552. The van der Waals surface area contributed by atoms with E-state index in [1.165, 1.54) is 12.1 Å². The van der Waals surface area contributed by atoms with E-state index < -0.39 is 29.0 Å². The van der Waals surface area contributed by atoms with Gasteiger partial charge < -0.3 is 20.1 Å². The van der Waals surface area contributed by atoms with Gasteiger partial charge in [-0.3, -0.25) is 9.59 Å². The summed E-state index contributed by atoms with van der Waals surface area (Å²) >= 11 is 0. The minimum atomic E-state index is -1.37. The molecule has 0 unspecified atom stereocenters. The van der Waals surface area contributed by atoms with E-state index in [9.17, 15) is 19.2 Å². The molecule has 9 nitrogen and oxygen atoms in total. The lowest BCUT2D eigenvalue weighted by molar-refractivity contribution is -0.152. The van der Waals surface area contributed by atoms with Crippen LogP contribution in [0.4, 0.5) is 5.69 Å². The van der Waals surface area contributed by atoms with Crippen molar-refractivity contribution >= 4 is 23.5 Å². The number of carbonyl (C=O) groups excluding carboxylic acids is 2. The first-order chi connectivity index (χ1) is 11.4. The van der Waals surface area contributed by atoms with E-state index in [-0.39, 0.29) is 12.4 Å². The lowest BCUT2D eigenvalue weighted by Crippen LogP contribution is -2.24. The Bertz CT molecular complexity index is 841. The summed E-state index contributed by atoms with van der Waals surface area (Å²) in [5.41, 5.74) is -0.385. The predicted molar refractivity (Wildman–Crippen MR) is 82.5 cm³/mol. The van der Waals surface area contributed by atoms with Gasteiger partial charge in [-0.05, 0) is 31.2 Å². The van der Waals surface area contributed by atoms with Gasteiger partial charge in [-0.1, -0.05) is 0 Å². The van der Waals surface area contributed by atoms with Crippen molar-refractivity contribution in [1.29, 1.82) is 0 Å². The van der Waals surface area contributed by atoms with Crippen molar-refractivity contribution in [3.05, 3.63) is 46.4 Å². The topological polar surface area (TPSA) is 138 Å². The molecule has 0 aliphatic carbocycles. The standard InChI is InChI=1S/C15H13N3O6/c1-2-24-15(23)13(20)17-9-5-3-8(4-6-9)11-16-7-10(14(21)22)12(19)18-11/h3-7H,2H2,1H3,(H,17,20)(H,21,22)(H,16,18,19). The van der Waals surface area contributed by atoms with E-state index >= 15 is 0 Å². The molecule has 124 valence electrons. The van der Waals surface area contributed by atoms with E-state index in [0.717, 1.165) is 6.20 Å². The highest BCUT2D eigenvalue weighted by atomic mass is 16.5. The summed E-state index contributed by atoms with van der Waals surface area (Å²) in [5, 5.41) is 11.1. The number of anilines is 1. The second-order valence-corrected chi connectivity index (χ2v) is 4.53. The van der Waals surface area contributed by atoms with Crippen LogP contribution in [0.1, 0.15) is 17.3 Å². The number of nitrogens with zero attached hydrogens (tertiary/aromatic N) is 1. The molecule has 0 bridgehead atoms. The monoisotopic (exact) mass is 331 g/mol. The summed E-state index contributed by atoms with van der Waals surface area (Å²) in [6.07, 6.45) is 0.965. The molecule has 9 heteroatoms. The van der Waals surface area contributed by atoms with Crippen LogP contribution in [0.5, 0.6) is 0 Å². The van der Waals surface area contributed by atoms with Gasteiger partial charge >= 0.3 is 17.8 Å². The van der Waals surface area contributed by atoms with Gasteiger partial charge in [0.15, 0.2) is 0 Å². The maximum absolute atomic E-state index is 11.6. The van der Waals surface area contributed by atoms with Crippen molar-refractivity contribution < 1.29 is 24.2 Å². The van der Waals surface area contributed by atoms with Crippen LogP contribution in [0.25, 0.3) is 11.4 Å². The van der Waals surface area contributed by atoms with Crippen LogP contribution in [0.3, 0.4) is 0 Å². The highest BCUT2D eigenvalue weighted by Crippen LogP contribution is 2.17. The molecule has 0 spiro atoms. The summed E-state index contributed by atoms with van der Waals surface area (Å²) in [6.45, 7) is 1.68. The fraction of sp³-hybridized carbons (Fsp3) is 0.133. The van der Waals surface area contributed by atoms with Gasteiger partial charge in [-0.25, -0.2) is 14.6 Å². The first kappa shape index (κ1) is 16.9. The summed E-state index contributed by atoms with van der Waals surface area (Å²) in [7, 11) is 0. The number of carbonyl (C=O) groups is 3. The fourth-order valence-electron chi connectivity index (χ4n) is 1.78. The van der Waals surface area contributed by atoms with Crippen LogP contribution in [-0.4, -0.2) is 39.5 Å². The molecule has 1 aromatic carbocycles. The molecule has 2 rings (SSSR count). The molecule has 0 atom stereocenters. The zero-order chi connectivity index (χ0) is 17.7. The van der Waals surface area contributed by atoms with Crippen LogP contribution in [0.15, 0.2) is 35.3 Å². The Morgan fingerprint density at radius 2 is 1.92 bits per heavy atom. The number of carboxylic acids is 1.